The Hall–Kier alpha value is -3.15. The van der Waals surface area contributed by atoms with Gasteiger partial charge in [-0.3, -0.25) is 4.79 Å². The quantitative estimate of drug-likeness (QED) is 0.773. The lowest BCUT2D eigenvalue weighted by atomic mass is 9.95. The number of nitrogens with one attached hydrogen (secondary N) is 1. The van der Waals surface area contributed by atoms with Crippen LogP contribution in [0.25, 0.3) is 0 Å². The first-order valence-electron chi connectivity index (χ1n) is 8.85. The van der Waals surface area contributed by atoms with Crippen molar-refractivity contribution in [3.63, 3.8) is 0 Å². The van der Waals surface area contributed by atoms with Crippen LogP contribution in [-0.2, 0) is 18.3 Å². The van der Waals surface area contributed by atoms with E-state index in [1.54, 1.807) is 24.5 Å². The van der Waals surface area contributed by atoms with Crippen molar-refractivity contribution in [1.82, 2.24) is 14.9 Å². The van der Waals surface area contributed by atoms with Gasteiger partial charge in [-0.05, 0) is 35.7 Å². The first kappa shape index (κ1) is 17.3. The van der Waals surface area contributed by atoms with E-state index in [0.717, 1.165) is 11.3 Å². The van der Waals surface area contributed by atoms with E-state index < -0.39 is 6.04 Å². The van der Waals surface area contributed by atoms with Gasteiger partial charge in [0.2, 0.25) is 5.91 Å². The Morgan fingerprint density at radius 2 is 2.15 bits per heavy atom. The van der Waals surface area contributed by atoms with Crippen molar-refractivity contribution in [3.05, 3.63) is 83.7 Å². The first-order valence-corrected chi connectivity index (χ1v) is 8.85. The van der Waals surface area contributed by atoms with Gasteiger partial charge in [-0.2, -0.15) is 0 Å². The van der Waals surface area contributed by atoms with E-state index in [4.69, 9.17) is 4.74 Å². The smallest absolute Gasteiger partial charge is 0.227 e. The second-order valence-electron chi connectivity index (χ2n) is 6.71. The van der Waals surface area contributed by atoms with Crippen LogP contribution < -0.4 is 10.1 Å². The van der Waals surface area contributed by atoms with E-state index >= 15 is 0 Å². The molecule has 1 amide bonds. The Labute approximate surface area is 156 Å². The van der Waals surface area contributed by atoms with Crippen molar-refractivity contribution in [1.29, 1.82) is 0 Å². The number of aryl methyl sites for hydroxylation is 1. The molecule has 0 bridgehead atoms. The molecule has 1 aliphatic rings. The fourth-order valence-electron chi connectivity index (χ4n) is 3.39. The predicted molar refractivity (Wildman–Crippen MR) is 98.7 cm³/mol. The molecule has 5 nitrogen and oxygen atoms in total. The third-order valence-corrected chi connectivity index (χ3v) is 4.83. The summed E-state index contributed by atoms with van der Waals surface area (Å²) >= 11 is 0. The maximum absolute atomic E-state index is 13.8. The summed E-state index contributed by atoms with van der Waals surface area (Å²) < 4.78 is 21.3. The highest BCUT2D eigenvalue weighted by Gasteiger charge is 2.29. The Morgan fingerprint density at radius 1 is 1.30 bits per heavy atom. The molecule has 6 heteroatoms. The molecule has 2 atom stereocenters. The second kappa shape index (κ2) is 7.23. The van der Waals surface area contributed by atoms with Gasteiger partial charge >= 0.3 is 0 Å². The molecule has 0 saturated carbocycles. The number of para-hydroxylation sites is 1. The van der Waals surface area contributed by atoms with Crippen molar-refractivity contribution in [2.75, 3.05) is 6.61 Å². The van der Waals surface area contributed by atoms with Crippen molar-refractivity contribution in [2.45, 2.75) is 12.5 Å². The molecule has 2 aromatic carbocycles. The summed E-state index contributed by atoms with van der Waals surface area (Å²) in [5.74, 6) is 0.673. The van der Waals surface area contributed by atoms with Crippen molar-refractivity contribution in [2.24, 2.45) is 13.0 Å². The fourth-order valence-corrected chi connectivity index (χ4v) is 3.39. The van der Waals surface area contributed by atoms with E-state index in [0.29, 0.717) is 24.4 Å². The number of hydrogen-bond donors (Lipinski definition) is 1. The van der Waals surface area contributed by atoms with Crippen LogP contribution in [-0.4, -0.2) is 22.1 Å². The van der Waals surface area contributed by atoms with Gasteiger partial charge in [-0.15, -0.1) is 0 Å². The topological polar surface area (TPSA) is 56.2 Å². The Bertz CT molecular complexity index is 969. The van der Waals surface area contributed by atoms with Crippen LogP contribution in [0, 0.1) is 11.7 Å². The third-order valence-electron chi connectivity index (χ3n) is 4.83. The number of carbonyl (C=O) groups excluding carboxylic acids is 1. The molecule has 27 heavy (non-hydrogen) atoms. The number of amides is 1. The molecule has 4 rings (SSSR count). The largest absolute Gasteiger partial charge is 0.492 e. The van der Waals surface area contributed by atoms with Gasteiger partial charge in [0.05, 0.1) is 5.92 Å². The third kappa shape index (κ3) is 3.56. The Morgan fingerprint density at radius 3 is 2.93 bits per heavy atom. The second-order valence-corrected chi connectivity index (χ2v) is 6.71. The summed E-state index contributed by atoms with van der Waals surface area (Å²) in [5, 5.41) is 3.04. The van der Waals surface area contributed by atoms with Crippen molar-refractivity contribution in [3.8, 4) is 5.75 Å². The monoisotopic (exact) mass is 365 g/mol. The molecule has 138 valence electrons. The minimum Gasteiger partial charge on any atom is -0.492 e. The molecule has 0 spiro atoms. The Kier molecular flexibility index (Phi) is 4.62. The molecular weight excluding hydrogens is 345 g/mol. The lowest BCUT2D eigenvalue weighted by Crippen LogP contribution is -2.40. The molecule has 1 aromatic heterocycles. The number of nitrogens with zero attached hydrogens (tertiary/aromatic N) is 2. The molecule has 2 heterocycles. The SMILES string of the molecule is Cn1ccnc1C(NC(=O)C1COc2ccccc2C1)c1cccc(F)c1. The fraction of sp³-hybridized carbons (Fsp3) is 0.238. The maximum Gasteiger partial charge on any atom is 0.227 e. The predicted octanol–water partition coefficient (Wildman–Crippen LogP) is 3.02. The number of imidazole rings is 1. The van der Waals surface area contributed by atoms with E-state index in [-0.39, 0.29) is 17.6 Å². The van der Waals surface area contributed by atoms with Crippen LogP contribution in [0.1, 0.15) is 23.0 Å². The molecule has 1 aliphatic heterocycles. The number of aromatic nitrogens is 2. The van der Waals surface area contributed by atoms with Crippen LogP contribution in [0.5, 0.6) is 5.75 Å². The maximum atomic E-state index is 13.8. The van der Waals surface area contributed by atoms with Crippen LogP contribution >= 0.6 is 0 Å². The lowest BCUT2D eigenvalue weighted by molar-refractivity contribution is -0.126. The van der Waals surface area contributed by atoms with E-state index in [9.17, 15) is 9.18 Å². The highest BCUT2D eigenvalue weighted by Crippen LogP contribution is 2.28. The molecule has 0 fully saturated rings. The number of rotatable bonds is 4. The highest BCUT2D eigenvalue weighted by molar-refractivity contribution is 5.80. The van der Waals surface area contributed by atoms with Gasteiger partial charge < -0.3 is 14.6 Å². The lowest BCUT2D eigenvalue weighted by Gasteiger charge is -2.27. The molecule has 0 saturated heterocycles. The van der Waals surface area contributed by atoms with E-state index in [2.05, 4.69) is 10.3 Å². The van der Waals surface area contributed by atoms with E-state index in [1.165, 1.54) is 12.1 Å². The van der Waals surface area contributed by atoms with E-state index in [1.807, 2.05) is 35.9 Å². The highest BCUT2D eigenvalue weighted by atomic mass is 19.1. The summed E-state index contributed by atoms with van der Waals surface area (Å²) in [7, 11) is 1.85. The Balaban J connectivity index is 1.59. The number of carbonyl (C=O) groups is 1. The molecule has 0 aliphatic carbocycles. The zero-order chi connectivity index (χ0) is 18.8. The number of fused-ring (bicyclic) bond motifs is 1. The van der Waals surface area contributed by atoms with Crippen molar-refractivity contribution >= 4 is 5.91 Å². The summed E-state index contributed by atoms with van der Waals surface area (Å²) in [6.07, 6.45) is 4.07. The van der Waals surface area contributed by atoms with Crippen molar-refractivity contribution < 1.29 is 13.9 Å². The van der Waals surface area contributed by atoms with Gasteiger partial charge in [0, 0.05) is 19.4 Å². The average Bonchev–Trinajstić information content (AvgIpc) is 3.11. The first-order chi connectivity index (χ1) is 13.1. The zero-order valence-electron chi connectivity index (χ0n) is 14.9. The molecular formula is C21H20FN3O2. The average molecular weight is 365 g/mol. The zero-order valence-corrected chi connectivity index (χ0v) is 14.9. The van der Waals surface area contributed by atoms with Crippen LogP contribution in [0.15, 0.2) is 60.9 Å². The minimum absolute atomic E-state index is 0.137. The molecule has 2 unspecified atom stereocenters. The van der Waals surface area contributed by atoms with Crippen LogP contribution in [0.2, 0.25) is 0 Å². The summed E-state index contributed by atoms with van der Waals surface area (Å²) in [5.41, 5.74) is 1.66. The number of halogens is 1. The van der Waals surface area contributed by atoms with Gasteiger partial charge in [-0.1, -0.05) is 30.3 Å². The van der Waals surface area contributed by atoms with Gasteiger partial charge in [0.1, 0.15) is 30.0 Å². The minimum atomic E-state index is -0.537. The van der Waals surface area contributed by atoms with Crippen LogP contribution in [0.4, 0.5) is 4.39 Å². The molecule has 3 aromatic rings. The van der Waals surface area contributed by atoms with Crippen LogP contribution in [0.3, 0.4) is 0 Å². The van der Waals surface area contributed by atoms with Gasteiger partial charge in [0.15, 0.2) is 0 Å². The standard InChI is InChI=1S/C21H20FN3O2/c1-25-10-9-23-20(25)19(15-6-4-7-17(22)12-15)24-21(26)16-11-14-5-2-3-8-18(14)27-13-16/h2-10,12,16,19H,11,13H2,1H3,(H,24,26). The molecule has 1 N–H and O–H groups in total. The summed E-state index contributed by atoms with van der Waals surface area (Å²) in [6, 6.07) is 13.4. The summed E-state index contributed by atoms with van der Waals surface area (Å²) in [6.45, 7) is 0.319. The normalized spacial score (nSPS) is 16.9. The molecule has 0 radical (unpaired) electrons. The number of ether oxygens (including phenoxy) is 1. The summed E-state index contributed by atoms with van der Waals surface area (Å²) in [4.78, 5) is 17.3. The van der Waals surface area contributed by atoms with Gasteiger partial charge in [-0.25, -0.2) is 9.37 Å². The number of benzene rings is 2. The van der Waals surface area contributed by atoms with Gasteiger partial charge in [0.25, 0.3) is 0 Å². The number of hydrogen-bond acceptors (Lipinski definition) is 3.